The van der Waals surface area contributed by atoms with Gasteiger partial charge in [-0.2, -0.15) is 15.6 Å². The maximum atomic E-state index is 13.1. The molecule has 144 valence electrons. The molecule has 0 saturated carbocycles. The Balaban J connectivity index is 2.01. The monoisotopic (exact) mass is 384 g/mol. The summed E-state index contributed by atoms with van der Waals surface area (Å²) in [6.07, 6.45) is 3.43. The van der Waals surface area contributed by atoms with Crippen molar-refractivity contribution in [2.75, 3.05) is 4.90 Å². The van der Waals surface area contributed by atoms with Gasteiger partial charge in [-0.1, -0.05) is 12.1 Å². The summed E-state index contributed by atoms with van der Waals surface area (Å²) in [5.41, 5.74) is 3.95. The molecule has 2 aliphatic rings. The number of carbonyl (C=O) groups excluding carboxylic acids is 1. The Labute approximate surface area is 169 Å². The molecule has 0 spiro atoms. The van der Waals surface area contributed by atoms with Gasteiger partial charge in [0.05, 0.1) is 23.5 Å². The number of aromatic nitrogens is 2. The number of benzene rings is 1. The highest BCUT2D eigenvalue weighted by molar-refractivity contribution is 6.10. The van der Waals surface area contributed by atoms with Crippen molar-refractivity contribution in [2.24, 2.45) is 13.0 Å². The first kappa shape index (κ1) is 18.6. The smallest absolute Gasteiger partial charge is 0.161 e. The number of hydrogen-bond acceptors (Lipinski definition) is 5. The van der Waals surface area contributed by atoms with E-state index in [1.54, 1.807) is 40.0 Å². The van der Waals surface area contributed by atoms with Crippen molar-refractivity contribution in [1.29, 1.82) is 15.9 Å². The molecule has 0 saturated heterocycles. The Morgan fingerprint density at radius 1 is 1.24 bits per heavy atom. The Morgan fingerprint density at radius 3 is 2.66 bits per heavy atom. The molecule has 2 unspecified atom stereocenters. The molecule has 2 heterocycles. The second-order valence-corrected chi connectivity index (χ2v) is 7.38. The van der Waals surface area contributed by atoms with Gasteiger partial charge in [-0.05, 0) is 31.9 Å². The lowest BCUT2D eigenvalue weighted by Crippen LogP contribution is -2.46. The van der Waals surface area contributed by atoms with Crippen molar-refractivity contribution >= 4 is 17.3 Å². The molecule has 2 atom stereocenters. The number of para-hydroxylation sites is 1. The number of ketones is 1. The zero-order valence-corrected chi connectivity index (χ0v) is 16.3. The Kier molecular flexibility index (Phi) is 4.52. The number of anilines is 1. The zero-order chi connectivity index (χ0) is 20.7. The molecule has 0 bridgehead atoms. The van der Waals surface area contributed by atoms with Crippen molar-refractivity contribution in [2.45, 2.75) is 32.1 Å². The first-order valence-electron chi connectivity index (χ1n) is 9.51. The molecule has 1 aromatic heterocycles. The third kappa shape index (κ3) is 2.75. The lowest BCUT2D eigenvalue weighted by atomic mass is 9.72. The van der Waals surface area contributed by atoms with E-state index in [1.807, 2.05) is 14.0 Å². The second-order valence-electron chi connectivity index (χ2n) is 7.38. The van der Waals surface area contributed by atoms with Gasteiger partial charge in [0, 0.05) is 41.9 Å². The minimum atomic E-state index is -0.842. The number of amidine groups is 1. The third-order valence-electron chi connectivity index (χ3n) is 5.89. The molecule has 7 nitrogen and oxygen atoms in total. The fourth-order valence-corrected chi connectivity index (χ4v) is 4.37. The van der Waals surface area contributed by atoms with E-state index in [-0.39, 0.29) is 11.6 Å². The van der Waals surface area contributed by atoms with Crippen LogP contribution in [0, 0.1) is 40.9 Å². The topological polar surface area (TPSA) is 110 Å². The van der Waals surface area contributed by atoms with Crippen LogP contribution in [0.4, 0.5) is 5.69 Å². The summed E-state index contributed by atoms with van der Waals surface area (Å²) in [5, 5.41) is 32.8. The number of allylic oxidation sites excluding steroid dienone is 2. The average Bonchev–Trinajstić information content (AvgIpc) is 3.05. The van der Waals surface area contributed by atoms with Gasteiger partial charge in [-0.3, -0.25) is 19.8 Å². The number of hydrogen-bond donors (Lipinski definition) is 1. The standard InChI is InChI=1S/C22H20N6O/c1-13-16(12-26-27(13)2)20-15(11-24)22(25)28(17-7-4-3-6-14(17)10-23)18-8-5-9-19(29)21(18)20/h3-4,6-7,12,15,20,25H,5,8-9H2,1-2H3. The summed E-state index contributed by atoms with van der Waals surface area (Å²) in [6, 6.07) is 11.4. The van der Waals surface area contributed by atoms with Crippen molar-refractivity contribution < 1.29 is 4.79 Å². The van der Waals surface area contributed by atoms with Gasteiger partial charge >= 0.3 is 0 Å². The molecule has 1 N–H and O–H groups in total. The zero-order valence-electron chi connectivity index (χ0n) is 16.3. The van der Waals surface area contributed by atoms with E-state index in [1.165, 1.54) is 0 Å². The molecule has 0 amide bonds. The Bertz CT molecular complexity index is 1140. The normalized spacial score (nSPS) is 21.6. The minimum Gasteiger partial charge on any atom is -0.300 e. The third-order valence-corrected chi connectivity index (χ3v) is 5.89. The fraction of sp³-hybridized carbons (Fsp3) is 0.318. The fourth-order valence-electron chi connectivity index (χ4n) is 4.37. The number of Topliss-reactive ketones (excluding diaryl/α,β-unsaturated/α-hetero) is 1. The number of nitrogens with one attached hydrogen (secondary N) is 1. The second kappa shape index (κ2) is 7.03. The lowest BCUT2D eigenvalue weighted by Gasteiger charge is -2.42. The molecule has 1 aliphatic carbocycles. The number of rotatable bonds is 2. The number of carbonyl (C=O) groups is 1. The SMILES string of the molecule is Cc1c(C2C3=C(CCCC3=O)N(c3ccccc3C#N)C(=N)C2C#N)cnn1C. The summed E-state index contributed by atoms with van der Waals surface area (Å²) < 4.78 is 1.72. The predicted octanol–water partition coefficient (Wildman–Crippen LogP) is 3.33. The Hall–Kier alpha value is -3.71. The maximum Gasteiger partial charge on any atom is 0.161 e. The van der Waals surface area contributed by atoms with Crippen LogP contribution in [-0.4, -0.2) is 21.4 Å². The molecule has 29 heavy (non-hydrogen) atoms. The summed E-state index contributed by atoms with van der Waals surface area (Å²) in [7, 11) is 1.82. The summed E-state index contributed by atoms with van der Waals surface area (Å²) in [5.74, 6) is -1.26. The van der Waals surface area contributed by atoms with Crippen LogP contribution in [0.1, 0.15) is 42.0 Å². The molecule has 4 rings (SSSR count). The van der Waals surface area contributed by atoms with Gasteiger partial charge in [0.1, 0.15) is 17.8 Å². The molecule has 2 aromatic rings. The lowest BCUT2D eigenvalue weighted by molar-refractivity contribution is -0.116. The Morgan fingerprint density at radius 2 is 2.00 bits per heavy atom. The van der Waals surface area contributed by atoms with Crippen LogP contribution in [0.2, 0.25) is 0 Å². The van der Waals surface area contributed by atoms with Crippen LogP contribution >= 0.6 is 0 Å². The number of nitriles is 2. The van der Waals surface area contributed by atoms with Crippen LogP contribution in [0.15, 0.2) is 41.7 Å². The van der Waals surface area contributed by atoms with E-state index in [2.05, 4.69) is 17.2 Å². The molecule has 1 aliphatic heterocycles. The maximum absolute atomic E-state index is 13.1. The van der Waals surface area contributed by atoms with E-state index in [9.17, 15) is 15.3 Å². The first-order valence-corrected chi connectivity index (χ1v) is 9.51. The van der Waals surface area contributed by atoms with Crippen molar-refractivity contribution in [3.63, 3.8) is 0 Å². The highest BCUT2D eigenvalue weighted by atomic mass is 16.1. The largest absolute Gasteiger partial charge is 0.300 e. The highest BCUT2D eigenvalue weighted by Gasteiger charge is 2.46. The predicted molar refractivity (Wildman–Crippen MR) is 107 cm³/mol. The molecule has 0 radical (unpaired) electrons. The van der Waals surface area contributed by atoms with E-state index >= 15 is 0 Å². The quantitative estimate of drug-likeness (QED) is 0.854. The van der Waals surface area contributed by atoms with Crippen LogP contribution in [0.25, 0.3) is 0 Å². The minimum absolute atomic E-state index is 0.00620. The van der Waals surface area contributed by atoms with E-state index in [0.29, 0.717) is 36.1 Å². The molecule has 0 fully saturated rings. The van der Waals surface area contributed by atoms with Gasteiger partial charge < -0.3 is 0 Å². The van der Waals surface area contributed by atoms with Crippen LogP contribution in [-0.2, 0) is 11.8 Å². The molecule has 1 aromatic carbocycles. The van der Waals surface area contributed by atoms with Crippen LogP contribution in [0.3, 0.4) is 0 Å². The first-order chi connectivity index (χ1) is 14.0. The van der Waals surface area contributed by atoms with Crippen molar-refractivity contribution in [3.8, 4) is 12.1 Å². The molecular formula is C22H20N6O. The van der Waals surface area contributed by atoms with Crippen LogP contribution in [0.5, 0.6) is 0 Å². The average molecular weight is 384 g/mol. The summed E-state index contributed by atoms with van der Waals surface area (Å²) in [6.45, 7) is 1.91. The highest BCUT2D eigenvalue weighted by Crippen LogP contribution is 2.47. The van der Waals surface area contributed by atoms with Gasteiger partial charge in [0.2, 0.25) is 0 Å². The van der Waals surface area contributed by atoms with Crippen molar-refractivity contribution in [1.82, 2.24) is 9.78 Å². The summed E-state index contributed by atoms with van der Waals surface area (Å²) in [4.78, 5) is 14.7. The van der Waals surface area contributed by atoms with Gasteiger partial charge in [0.25, 0.3) is 0 Å². The molecular weight excluding hydrogens is 364 g/mol. The summed E-state index contributed by atoms with van der Waals surface area (Å²) >= 11 is 0. The number of nitrogens with zero attached hydrogens (tertiary/aromatic N) is 5. The van der Waals surface area contributed by atoms with Gasteiger partial charge in [0.15, 0.2) is 5.78 Å². The van der Waals surface area contributed by atoms with E-state index in [0.717, 1.165) is 17.0 Å². The van der Waals surface area contributed by atoms with Crippen molar-refractivity contribution in [3.05, 3.63) is 58.6 Å². The number of aryl methyl sites for hydroxylation is 1. The van der Waals surface area contributed by atoms with Gasteiger partial charge in [-0.15, -0.1) is 0 Å². The van der Waals surface area contributed by atoms with Crippen LogP contribution < -0.4 is 4.90 Å². The molecule has 7 heteroatoms. The van der Waals surface area contributed by atoms with E-state index < -0.39 is 11.8 Å². The van der Waals surface area contributed by atoms with Gasteiger partial charge in [-0.25, -0.2) is 0 Å². The van der Waals surface area contributed by atoms with E-state index in [4.69, 9.17) is 5.41 Å².